The van der Waals surface area contributed by atoms with E-state index in [0.717, 1.165) is 88.0 Å². The number of carbonyl (C=O) groups is 1. The van der Waals surface area contributed by atoms with Gasteiger partial charge in [0.2, 0.25) is 0 Å². The van der Waals surface area contributed by atoms with Gasteiger partial charge in [-0.1, -0.05) is 76.6 Å². The summed E-state index contributed by atoms with van der Waals surface area (Å²) in [5.74, 6) is 5.47. The molecule has 1 spiro atoms. The molecule has 0 heterocycles. The van der Waals surface area contributed by atoms with Gasteiger partial charge in [0, 0.05) is 46.3 Å². The number of fused-ring (bicyclic) bond motifs is 2. The molecule has 0 aliphatic heterocycles. The van der Waals surface area contributed by atoms with E-state index in [1.807, 2.05) is 36.4 Å². The van der Waals surface area contributed by atoms with Crippen LogP contribution in [0.5, 0.6) is 23.0 Å². The van der Waals surface area contributed by atoms with Crippen LogP contribution in [0, 0.1) is 23.7 Å². The molecule has 4 aromatic carbocycles. The van der Waals surface area contributed by atoms with E-state index < -0.39 is 0 Å². The second-order valence-electron chi connectivity index (χ2n) is 14.9. The first-order chi connectivity index (χ1) is 25.6. The van der Waals surface area contributed by atoms with Crippen LogP contribution >= 0.6 is 63.7 Å². The molecule has 0 amide bonds. The first kappa shape index (κ1) is 38.9. The maximum Gasteiger partial charge on any atom is 0.139 e. The van der Waals surface area contributed by atoms with Gasteiger partial charge in [0.1, 0.15) is 28.8 Å². The lowest BCUT2D eigenvalue weighted by atomic mass is 9.59. The summed E-state index contributed by atoms with van der Waals surface area (Å²) in [4.78, 5) is 13.2. The molecule has 0 N–H and O–H groups in total. The third kappa shape index (κ3) is 7.15. The van der Waals surface area contributed by atoms with Crippen molar-refractivity contribution in [2.24, 2.45) is 23.7 Å². The molecule has 0 aromatic heterocycles. The number of halogens is 4. The molecule has 9 heteroatoms. The van der Waals surface area contributed by atoms with Gasteiger partial charge < -0.3 is 18.9 Å². The quantitative estimate of drug-likeness (QED) is 0.176. The van der Waals surface area contributed by atoms with Crippen LogP contribution in [-0.4, -0.2) is 34.2 Å². The zero-order chi connectivity index (χ0) is 37.4. The predicted octanol–water partition coefficient (Wildman–Crippen LogP) is 12.0. The summed E-state index contributed by atoms with van der Waals surface area (Å²) in [6, 6.07) is 20.5. The average Bonchev–Trinajstić information content (AvgIpc) is 3.72. The van der Waals surface area contributed by atoms with Crippen molar-refractivity contribution in [3.05, 3.63) is 112 Å². The summed E-state index contributed by atoms with van der Waals surface area (Å²) in [5.41, 5.74) is 8.00. The minimum absolute atomic E-state index is 0.0210. The highest BCUT2D eigenvalue weighted by atomic mass is 79.9. The van der Waals surface area contributed by atoms with Crippen molar-refractivity contribution in [1.82, 2.24) is 0 Å². The molecule has 4 aromatic rings. The molecule has 4 aliphatic carbocycles. The molecule has 0 bridgehead atoms. The van der Waals surface area contributed by atoms with E-state index in [1.165, 1.54) is 50.5 Å². The molecule has 4 atom stereocenters. The van der Waals surface area contributed by atoms with E-state index in [1.54, 1.807) is 28.4 Å². The molecular formula is C44H46Br4O5. The van der Waals surface area contributed by atoms with Crippen LogP contribution < -0.4 is 18.9 Å². The molecule has 280 valence electrons. The summed E-state index contributed by atoms with van der Waals surface area (Å²) in [5, 5.41) is 0. The van der Waals surface area contributed by atoms with Crippen molar-refractivity contribution < 1.29 is 23.7 Å². The molecule has 0 unspecified atom stereocenters. The number of ether oxygens (including phenoxy) is 4. The largest absolute Gasteiger partial charge is 0.497 e. The second kappa shape index (κ2) is 16.4. The van der Waals surface area contributed by atoms with Gasteiger partial charge in [-0.15, -0.1) is 0 Å². The molecule has 2 fully saturated rings. The van der Waals surface area contributed by atoms with Crippen LogP contribution in [0.2, 0.25) is 0 Å². The van der Waals surface area contributed by atoms with Crippen LogP contribution in [0.1, 0.15) is 71.9 Å². The number of methoxy groups -OCH3 is 4. The fourth-order valence-corrected chi connectivity index (χ4v) is 11.8. The van der Waals surface area contributed by atoms with Gasteiger partial charge in [-0.25, -0.2) is 0 Å². The number of hydrogen-bond donors (Lipinski definition) is 0. The smallest absolute Gasteiger partial charge is 0.139 e. The fraction of sp³-hybridized carbons (Fsp3) is 0.432. The molecule has 5 nitrogen and oxygen atoms in total. The van der Waals surface area contributed by atoms with Gasteiger partial charge in [-0.05, 0) is 146 Å². The van der Waals surface area contributed by atoms with Crippen LogP contribution in [0.3, 0.4) is 0 Å². The topological polar surface area (TPSA) is 54.0 Å². The van der Waals surface area contributed by atoms with Gasteiger partial charge in [0.25, 0.3) is 0 Å². The summed E-state index contributed by atoms with van der Waals surface area (Å²) in [6.07, 6.45) is 10.6. The lowest BCUT2D eigenvalue weighted by molar-refractivity contribution is -0.129. The van der Waals surface area contributed by atoms with E-state index in [-0.39, 0.29) is 17.3 Å². The number of Topliss-reactive ketones (excluding diaryl/α,β-unsaturated/α-hetero) is 1. The van der Waals surface area contributed by atoms with Crippen molar-refractivity contribution in [3.8, 4) is 23.0 Å². The number of hydrogen-bond acceptors (Lipinski definition) is 5. The zero-order valence-corrected chi connectivity index (χ0v) is 37.1. The van der Waals surface area contributed by atoms with Crippen molar-refractivity contribution >= 4 is 69.5 Å². The first-order valence-corrected chi connectivity index (χ1v) is 21.7. The molecule has 8 rings (SSSR count). The zero-order valence-electron chi connectivity index (χ0n) is 30.7. The van der Waals surface area contributed by atoms with Gasteiger partial charge in [-0.3, -0.25) is 4.79 Å². The number of ketones is 1. The van der Waals surface area contributed by atoms with Crippen molar-refractivity contribution in [2.45, 2.75) is 69.6 Å². The Balaban J connectivity index is 0.000000164. The maximum absolute atomic E-state index is 13.2. The van der Waals surface area contributed by atoms with Crippen molar-refractivity contribution in [1.29, 1.82) is 0 Å². The van der Waals surface area contributed by atoms with Gasteiger partial charge in [0.05, 0.1) is 28.4 Å². The molecule has 0 saturated heterocycles. The summed E-state index contributed by atoms with van der Waals surface area (Å²) < 4.78 is 27.0. The van der Waals surface area contributed by atoms with Gasteiger partial charge >= 0.3 is 0 Å². The SMILES string of the molecule is COc1ccc(Br)c(C[C@@H]2CCC[C@@H](Cc3cc(OC)ccc3Br)C2=O)c1.COc1ccc(Br)c2c1C13c4c(OC)ccc(Br)c4C[C@@H]1CCC[C@H]3C2. The third-order valence-corrected chi connectivity index (χ3v) is 15.4. The van der Waals surface area contributed by atoms with Crippen LogP contribution in [0.4, 0.5) is 0 Å². The first-order valence-electron chi connectivity index (χ1n) is 18.5. The van der Waals surface area contributed by atoms with E-state index in [0.29, 0.717) is 17.6 Å². The van der Waals surface area contributed by atoms with Gasteiger partial charge in [-0.2, -0.15) is 0 Å². The Kier molecular flexibility index (Phi) is 12.1. The third-order valence-electron chi connectivity index (χ3n) is 12.3. The van der Waals surface area contributed by atoms with Crippen molar-refractivity contribution in [2.75, 3.05) is 28.4 Å². The monoisotopic (exact) mass is 970 g/mol. The van der Waals surface area contributed by atoms with Gasteiger partial charge in [0.15, 0.2) is 0 Å². The Hall–Kier alpha value is -2.33. The maximum atomic E-state index is 13.2. The van der Waals surface area contributed by atoms with Crippen LogP contribution in [0.25, 0.3) is 0 Å². The van der Waals surface area contributed by atoms with Crippen LogP contribution in [-0.2, 0) is 35.9 Å². The Morgan fingerprint density at radius 1 is 0.566 bits per heavy atom. The molecular weight excluding hydrogens is 928 g/mol. The highest BCUT2D eigenvalue weighted by molar-refractivity contribution is 9.11. The summed E-state index contributed by atoms with van der Waals surface area (Å²) in [6.45, 7) is 0. The highest BCUT2D eigenvalue weighted by Gasteiger charge is 2.61. The number of rotatable bonds is 8. The van der Waals surface area contributed by atoms with E-state index in [9.17, 15) is 4.79 Å². The lowest BCUT2D eigenvalue weighted by Gasteiger charge is -2.44. The van der Waals surface area contributed by atoms with E-state index in [2.05, 4.69) is 88.0 Å². The molecule has 2 saturated carbocycles. The summed E-state index contributed by atoms with van der Waals surface area (Å²) >= 11 is 14.9. The molecule has 0 radical (unpaired) electrons. The second-order valence-corrected chi connectivity index (χ2v) is 18.3. The molecule has 53 heavy (non-hydrogen) atoms. The Bertz CT molecular complexity index is 1870. The summed E-state index contributed by atoms with van der Waals surface area (Å²) in [7, 11) is 6.94. The Labute approximate surface area is 347 Å². The fourth-order valence-electron chi connectivity index (χ4n) is 10.0. The van der Waals surface area contributed by atoms with Crippen molar-refractivity contribution in [3.63, 3.8) is 0 Å². The Morgan fingerprint density at radius 2 is 0.981 bits per heavy atom. The van der Waals surface area contributed by atoms with Crippen LogP contribution in [0.15, 0.2) is 78.6 Å². The standard InChI is InChI=1S/C22H24Br2O3.C22H22Br2O2/c1-26-18-6-8-20(23)16(12-18)10-14-4-3-5-15(22(14)25)11-17-13-19(27-2)7-9-21(17)24;1-25-18-8-6-16(23)14-10-12-4-3-5-13-11-15-17(24)7-9-19(26-2)21(15)22(12,13)20(14)18/h6-9,12-15H,3-5,10-11H2,1-2H3;6-9,12-13H,3-5,10-11H2,1-2H3/t14-,15-;12-,13-,22?/m00/s1. The lowest BCUT2D eigenvalue weighted by Crippen LogP contribution is -2.41. The minimum Gasteiger partial charge on any atom is -0.497 e. The predicted molar refractivity (Wildman–Crippen MR) is 225 cm³/mol. The highest BCUT2D eigenvalue weighted by Crippen LogP contribution is 2.67. The Morgan fingerprint density at radius 3 is 1.40 bits per heavy atom. The average molecular weight is 974 g/mol. The normalized spacial score (nSPS) is 23.9. The van der Waals surface area contributed by atoms with E-state index >= 15 is 0 Å². The number of carbonyl (C=O) groups excluding carboxylic acids is 1. The molecule has 4 aliphatic rings. The minimum atomic E-state index is 0.0210. The number of benzene rings is 4. The van der Waals surface area contributed by atoms with E-state index in [4.69, 9.17) is 18.9 Å².